The number of hydrogen-bond donors (Lipinski definition) is 1. The number of benzene rings is 3. The fraction of sp³-hybridized carbons (Fsp3) is 0.143. The highest BCUT2D eigenvalue weighted by Gasteiger charge is 2.31. The highest BCUT2D eigenvalue weighted by atomic mass is 15.5. The van der Waals surface area contributed by atoms with Gasteiger partial charge in [0.15, 0.2) is 0 Å². The number of hydrogen-bond acceptors (Lipinski definition) is 3. The summed E-state index contributed by atoms with van der Waals surface area (Å²) in [4.78, 5) is 0. The molecule has 0 unspecified atom stereocenters. The third-order valence-corrected chi connectivity index (χ3v) is 4.48. The van der Waals surface area contributed by atoms with Crippen molar-refractivity contribution >= 4 is 11.0 Å². The first-order valence-electron chi connectivity index (χ1n) is 8.42. The second kappa shape index (κ2) is 6.49. The highest BCUT2D eigenvalue weighted by molar-refractivity contribution is 5.74. The number of para-hydroxylation sites is 1. The largest absolute Gasteiger partial charge is 0.307 e. The third kappa shape index (κ3) is 3.16. The maximum atomic E-state index is 6.95. The minimum absolute atomic E-state index is 0.677. The van der Waals surface area contributed by atoms with Crippen LogP contribution >= 0.6 is 0 Å². The van der Waals surface area contributed by atoms with Crippen molar-refractivity contribution in [1.29, 1.82) is 0 Å². The van der Waals surface area contributed by atoms with Crippen LogP contribution in [-0.4, -0.2) is 15.0 Å². The zero-order chi connectivity index (χ0) is 17.1. The average Bonchev–Trinajstić information content (AvgIpc) is 3.08. The van der Waals surface area contributed by atoms with Gasteiger partial charge in [-0.1, -0.05) is 78.0 Å². The van der Waals surface area contributed by atoms with E-state index in [2.05, 4.69) is 34.6 Å². The molecule has 0 saturated carbocycles. The summed E-state index contributed by atoms with van der Waals surface area (Å²) < 4.78 is 1.88. The fourth-order valence-corrected chi connectivity index (χ4v) is 3.31. The van der Waals surface area contributed by atoms with Crippen molar-refractivity contribution in [2.24, 2.45) is 5.73 Å². The number of rotatable bonds is 5. The Morgan fingerprint density at radius 1 is 0.720 bits per heavy atom. The van der Waals surface area contributed by atoms with Gasteiger partial charge in [0.2, 0.25) is 0 Å². The van der Waals surface area contributed by atoms with E-state index >= 15 is 0 Å². The lowest BCUT2D eigenvalue weighted by atomic mass is 9.93. The molecule has 124 valence electrons. The second-order valence-corrected chi connectivity index (χ2v) is 6.42. The summed E-state index contributed by atoms with van der Waals surface area (Å²) in [6.45, 7) is 0. The molecule has 4 aromatic rings. The van der Waals surface area contributed by atoms with Crippen LogP contribution in [0.15, 0.2) is 84.9 Å². The molecular weight excluding hydrogens is 308 g/mol. The van der Waals surface area contributed by atoms with Gasteiger partial charge in [0.25, 0.3) is 0 Å². The fourth-order valence-electron chi connectivity index (χ4n) is 3.31. The summed E-state index contributed by atoms with van der Waals surface area (Å²) >= 11 is 0. The molecule has 0 spiro atoms. The molecule has 1 heterocycles. The van der Waals surface area contributed by atoms with Gasteiger partial charge >= 0.3 is 0 Å². The molecule has 1 aromatic heterocycles. The maximum Gasteiger partial charge on any atom is 0.120 e. The van der Waals surface area contributed by atoms with Crippen LogP contribution in [0.4, 0.5) is 0 Å². The lowest BCUT2D eigenvalue weighted by molar-refractivity contribution is 0.264. The Kier molecular flexibility index (Phi) is 4.04. The summed E-state index contributed by atoms with van der Waals surface area (Å²) in [6, 6.07) is 28.5. The molecule has 0 radical (unpaired) electrons. The Bertz CT molecular complexity index is 919. The monoisotopic (exact) mass is 328 g/mol. The number of fused-ring (bicyclic) bond motifs is 1. The second-order valence-electron chi connectivity index (χ2n) is 6.42. The van der Waals surface area contributed by atoms with Crippen molar-refractivity contribution in [3.8, 4) is 0 Å². The van der Waals surface area contributed by atoms with E-state index in [1.165, 1.54) is 11.1 Å². The zero-order valence-electron chi connectivity index (χ0n) is 13.9. The van der Waals surface area contributed by atoms with Gasteiger partial charge in [-0.3, -0.25) is 0 Å². The molecule has 0 fully saturated rings. The predicted octanol–water partition coefficient (Wildman–Crippen LogP) is 3.53. The lowest BCUT2D eigenvalue weighted by Crippen LogP contribution is -2.48. The minimum Gasteiger partial charge on any atom is -0.307 e. The molecular formula is C21H20N4. The van der Waals surface area contributed by atoms with Gasteiger partial charge in [-0.25, -0.2) is 4.68 Å². The first kappa shape index (κ1) is 15.5. The van der Waals surface area contributed by atoms with E-state index in [-0.39, 0.29) is 0 Å². The molecule has 0 amide bonds. The van der Waals surface area contributed by atoms with Gasteiger partial charge < -0.3 is 5.73 Å². The molecule has 25 heavy (non-hydrogen) atoms. The van der Waals surface area contributed by atoms with E-state index in [1.807, 2.05) is 65.3 Å². The maximum absolute atomic E-state index is 6.95. The first-order chi connectivity index (χ1) is 12.2. The Labute approximate surface area is 146 Å². The van der Waals surface area contributed by atoms with E-state index in [0.29, 0.717) is 12.8 Å². The molecule has 2 N–H and O–H groups in total. The zero-order valence-corrected chi connectivity index (χ0v) is 13.9. The smallest absolute Gasteiger partial charge is 0.120 e. The van der Waals surface area contributed by atoms with Crippen molar-refractivity contribution in [3.63, 3.8) is 0 Å². The molecule has 0 bridgehead atoms. The topological polar surface area (TPSA) is 56.7 Å². The molecule has 0 aliphatic heterocycles. The van der Waals surface area contributed by atoms with Gasteiger partial charge in [-0.2, -0.15) is 0 Å². The van der Waals surface area contributed by atoms with E-state index in [0.717, 1.165) is 11.0 Å². The quantitative estimate of drug-likeness (QED) is 0.610. The van der Waals surface area contributed by atoms with Gasteiger partial charge in [0.05, 0.1) is 5.52 Å². The van der Waals surface area contributed by atoms with Crippen LogP contribution in [0.3, 0.4) is 0 Å². The molecule has 0 aliphatic carbocycles. The summed E-state index contributed by atoms with van der Waals surface area (Å²) in [7, 11) is 0. The van der Waals surface area contributed by atoms with Crippen LogP contribution < -0.4 is 5.73 Å². The predicted molar refractivity (Wildman–Crippen MR) is 100.0 cm³/mol. The van der Waals surface area contributed by atoms with Crippen LogP contribution in [-0.2, 0) is 18.5 Å². The number of aromatic nitrogens is 3. The molecule has 4 nitrogen and oxygen atoms in total. The average molecular weight is 328 g/mol. The summed E-state index contributed by atoms with van der Waals surface area (Å²) in [5.74, 6) is 0. The molecule has 0 atom stereocenters. The first-order valence-corrected chi connectivity index (χ1v) is 8.42. The van der Waals surface area contributed by atoms with Crippen LogP contribution in [0.25, 0.3) is 11.0 Å². The Balaban J connectivity index is 1.80. The van der Waals surface area contributed by atoms with Gasteiger partial charge in [0.1, 0.15) is 11.2 Å². The van der Waals surface area contributed by atoms with Gasteiger partial charge in [-0.15, -0.1) is 5.10 Å². The van der Waals surface area contributed by atoms with E-state index in [1.54, 1.807) is 0 Å². The van der Waals surface area contributed by atoms with Crippen molar-refractivity contribution in [2.75, 3.05) is 0 Å². The van der Waals surface area contributed by atoms with Crippen molar-refractivity contribution in [2.45, 2.75) is 18.5 Å². The van der Waals surface area contributed by atoms with Crippen molar-refractivity contribution < 1.29 is 0 Å². The standard InChI is InChI=1S/C21H20N4/c22-21(15-17-9-3-1-4-10-17,16-18-11-5-2-6-12-18)25-20-14-8-7-13-19(20)23-24-25/h1-14H,15-16,22H2. The third-order valence-electron chi connectivity index (χ3n) is 4.48. The van der Waals surface area contributed by atoms with Crippen LogP contribution in [0, 0.1) is 0 Å². The Morgan fingerprint density at radius 2 is 1.24 bits per heavy atom. The van der Waals surface area contributed by atoms with Gasteiger partial charge in [0, 0.05) is 12.8 Å². The van der Waals surface area contributed by atoms with Crippen molar-refractivity contribution in [1.82, 2.24) is 15.0 Å². The molecule has 4 heteroatoms. The number of nitrogens with two attached hydrogens (primary N) is 1. The van der Waals surface area contributed by atoms with E-state index in [4.69, 9.17) is 5.73 Å². The normalized spacial score (nSPS) is 11.7. The summed E-state index contributed by atoms with van der Waals surface area (Å²) in [6.07, 6.45) is 1.35. The minimum atomic E-state index is -0.696. The number of nitrogens with zero attached hydrogens (tertiary/aromatic N) is 3. The summed E-state index contributed by atoms with van der Waals surface area (Å²) in [5, 5.41) is 8.70. The van der Waals surface area contributed by atoms with Crippen LogP contribution in [0.1, 0.15) is 11.1 Å². The van der Waals surface area contributed by atoms with Gasteiger partial charge in [-0.05, 0) is 23.3 Å². The van der Waals surface area contributed by atoms with E-state index < -0.39 is 5.66 Å². The van der Waals surface area contributed by atoms with Crippen molar-refractivity contribution in [3.05, 3.63) is 96.1 Å². The molecule has 0 saturated heterocycles. The SMILES string of the molecule is NC(Cc1ccccc1)(Cc1ccccc1)n1nnc2ccccc21. The van der Waals surface area contributed by atoms with Crippen LogP contribution in [0.5, 0.6) is 0 Å². The molecule has 3 aromatic carbocycles. The Morgan fingerprint density at radius 3 is 1.84 bits per heavy atom. The lowest BCUT2D eigenvalue weighted by Gasteiger charge is -2.30. The van der Waals surface area contributed by atoms with Crippen LogP contribution in [0.2, 0.25) is 0 Å². The Hall–Kier alpha value is -2.98. The summed E-state index contributed by atoms with van der Waals surface area (Å²) in [5.41, 5.74) is 10.4. The molecule has 4 rings (SSSR count). The molecule has 0 aliphatic rings. The van der Waals surface area contributed by atoms with E-state index in [9.17, 15) is 0 Å². The highest BCUT2D eigenvalue weighted by Crippen LogP contribution is 2.25.